The molecule has 1 atom stereocenters. The molecule has 0 radical (unpaired) electrons. The van der Waals surface area contributed by atoms with E-state index in [1.54, 1.807) is 6.92 Å². The van der Waals surface area contributed by atoms with Gasteiger partial charge in [-0.05, 0) is 6.92 Å². The van der Waals surface area contributed by atoms with Crippen molar-refractivity contribution < 1.29 is 23.0 Å². The van der Waals surface area contributed by atoms with Crippen LogP contribution in [0.5, 0.6) is 0 Å². The Morgan fingerprint density at radius 2 is 2.24 bits per heavy atom. The fraction of sp³-hybridized carbons (Fsp3) is 0.667. The lowest BCUT2D eigenvalue weighted by Gasteiger charge is -2.14. The summed E-state index contributed by atoms with van der Waals surface area (Å²) < 4.78 is 41.2. The SMILES string of the molecule is CCn1ncc(Cl)c1C(O)COCC(F)(F)F. The summed E-state index contributed by atoms with van der Waals surface area (Å²) in [5, 5.41) is 13.7. The number of aromatic nitrogens is 2. The molecular formula is C9H12ClF3N2O2. The highest BCUT2D eigenvalue weighted by Crippen LogP contribution is 2.23. The maximum atomic E-state index is 11.8. The molecule has 1 unspecified atom stereocenters. The lowest BCUT2D eigenvalue weighted by molar-refractivity contribution is -0.179. The minimum atomic E-state index is -4.41. The van der Waals surface area contributed by atoms with Gasteiger partial charge in [0.05, 0.1) is 23.5 Å². The predicted octanol–water partition coefficient (Wildman–Crippen LogP) is 2.17. The second kappa shape index (κ2) is 5.70. The van der Waals surface area contributed by atoms with Crippen LogP contribution in [-0.4, -0.2) is 34.3 Å². The number of aliphatic hydroxyl groups is 1. The number of alkyl halides is 3. The zero-order valence-corrected chi connectivity index (χ0v) is 9.79. The van der Waals surface area contributed by atoms with Crippen molar-refractivity contribution >= 4 is 11.6 Å². The normalized spacial score (nSPS) is 14.0. The Balaban J connectivity index is 2.57. The molecule has 0 fully saturated rings. The van der Waals surface area contributed by atoms with E-state index in [0.717, 1.165) is 0 Å². The Labute approximate surface area is 101 Å². The van der Waals surface area contributed by atoms with Gasteiger partial charge in [-0.2, -0.15) is 18.3 Å². The molecule has 0 aliphatic heterocycles. The van der Waals surface area contributed by atoms with Crippen LogP contribution in [0.25, 0.3) is 0 Å². The van der Waals surface area contributed by atoms with E-state index in [0.29, 0.717) is 6.54 Å². The molecule has 0 aliphatic rings. The van der Waals surface area contributed by atoms with E-state index in [4.69, 9.17) is 11.6 Å². The first-order valence-electron chi connectivity index (χ1n) is 4.89. The predicted molar refractivity (Wildman–Crippen MR) is 54.7 cm³/mol. The van der Waals surface area contributed by atoms with Crippen LogP contribution in [0, 0.1) is 0 Å². The molecule has 0 amide bonds. The van der Waals surface area contributed by atoms with Crippen molar-refractivity contribution in [1.82, 2.24) is 9.78 Å². The van der Waals surface area contributed by atoms with Crippen LogP contribution < -0.4 is 0 Å². The first kappa shape index (κ1) is 14.3. The highest BCUT2D eigenvalue weighted by atomic mass is 35.5. The van der Waals surface area contributed by atoms with E-state index in [1.165, 1.54) is 10.9 Å². The van der Waals surface area contributed by atoms with Crippen LogP contribution in [-0.2, 0) is 11.3 Å². The zero-order chi connectivity index (χ0) is 13.1. The van der Waals surface area contributed by atoms with E-state index in [2.05, 4.69) is 9.84 Å². The van der Waals surface area contributed by atoms with Crippen LogP contribution in [0.15, 0.2) is 6.20 Å². The van der Waals surface area contributed by atoms with Gasteiger partial charge < -0.3 is 9.84 Å². The molecule has 0 saturated carbocycles. The minimum absolute atomic E-state index is 0.204. The van der Waals surface area contributed by atoms with Gasteiger partial charge in [-0.25, -0.2) is 0 Å². The van der Waals surface area contributed by atoms with Crippen LogP contribution in [0.1, 0.15) is 18.7 Å². The molecule has 0 aliphatic carbocycles. The van der Waals surface area contributed by atoms with Crippen molar-refractivity contribution in [3.63, 3.8) is 0 Å². The Bertz CT molecular complexity index is 368. The smallest absolute Gasteiger partial charge is 0.384 e. The first-order valence-corrected chi connectivity index (χ1v) is 5.26. The molecule has 1 aromatic rings. The van der Waals surface area contributed by atoms with Gasteiger partial charge in [0.25, 0.3) is 0 Å². The van der Waals surface area contributed by atoms with Crippen molar-refractivity contribution in [3.8, 4) is 0 Å². The van der Waals surface area contributed by atoms with E-state index in [9.17, 15) is 18.3 Å². The van der Waals surface area contributed by atoms with Gasteiger partial charge in [0.1, 0.15) is 12.7 Å². The average molecular weight is 273 g/mol. The number of hydrogen-bond donors (Lipinski definition) is 1. The molecule has 8 heteroatoms. The van der Waals surface area contributed by atoms with Gasteiger partial charge >= 0.3 is 6.18 Å². The van der Waals surface area contributed by atoms with Crippen LogP contribution in [0.2, 0.25) is 5.02 Å². The van der Waals surface area contributed by atoms with Crippen LogP contribution in [0.3, 0.4) is 0 Å². The summed E-state index contributed by atoms with van der Waals surface area (Å²) in [6, 6.07) is 0. The molecule has 1 heterocycles. The third-order valence-electron chi connectivity index (χ3n) is 1.99. The van der Waals surface area contributed by atoms with Gasteiger partial charge in [-0.3, -0.25) is 4.68 Å². The van der Waals surface area contributed by atoms with Crippen molar-refractivity contribution in [2.24, 2.45) is 0 Å². The molecule has 98 valence electrons. The van der Waals surface area contributed by atoms with Gasteiger partial charge in [-0.1, -0.05) is 11.6 Å². The van der Waals surface area contributed by atoms with Gasteiger partial charge in [-0.15, -0.1) is 0 Å². The number of aryl methyl sites for hydroxylation is 1. The van der Waals surface area contributed by atoms with Gasteiger partial charge in [0.2, 0.25) is 0 Å². The monoisotopic (exact) mass is 272 g/mol. The number of rotatable bonds is 5. The highest BCUT2D eigenvalue weighted by Gasteiger charge is 2.28. The summed E-state index contributed by atoms with van der Waals surface area (Å²) >= 11 is 5.77. The fourth-order valence-electron chi connectivity index (χ4n) is 1.32. The molecule has 1 rings (SSSR count). The Morgan fingerprint density at radius 3 is 2.76 bits per heavy atom. The van der Waals surface area contributed by atoms with E-state index >= 15 is 0 Å². The molecule has 1 aromatic heterocycles. The van der Waals surface area contributed by atoms with E-state index in [-0.39, 0.29) is 10.7 Å². The molecule has 4 nitrogen and oxygen atoms in total. The molecule has 0 saturated heterocycles. The van der Waals surface area contributed by atoms with E-state index < -0.39 is 25.5 Å². The largest absolute Gasteiger partial charge is 0.411 e. The van der Waals surface area contributed by atoms with Gasteiger partial charge in [0, 0.05) is 6.54 Å². The average Bonchev–Trinajstić information content (AvgIpc) is 2.57. The number of nitrogens with zero attached hydrogens (tertiary/aromatic N) is 2. The summed E-state index contributed by atoms with van der Waals surface area (Å²) in [6.07, 6.45) is -4.31. The second-order valence-corrected chi connectivity index (χ2v) is 3.75. The summed E-state index contributed by atoms with van der Waals surface area (Å²) in [5.74, 6) is 0. The Morgan fingerprint density at radius 1 is 1.59 bits per heavy atom. The number of halogens is 4. The highest BCUT2D eigenvalue weighted by molar-refractivity contribution is 6.31. The number of hydrogen-bond acceptors (Lipinski definition) is 3. The lowest BCUT2D eigenvalue weighted by atomic mass is 10.2. The van der Waals surface area contributed by atoms with Crippen molar-refractivity contribution in [3.05, 3.63) is 16.9 Å². The molecule has 0 aromatic carbocycles. The topological polar surface area (TPSA) is 47.3 Å². The second-order valence-electron chi connectivity index (χ2n) is 3.34. The lowest BCUT2D eigenvalue weighted by Crippen LogP contribution is -2.21. The van der Waals surface area contributed by atoms with Crippen molar-refractivity contribution in [2.45, 2.75) is 25.7 Å². The van der Waals surface area contributed by atoms with Gasteiger partial charge in [0.15, 0.2) is 0 Å². The maximum absolute atomic E-state index is 11.8. The first-order chi connectivity index (χ1) is 7.85. The third kappa shape index (κ3) is 4.18. The maximum Gasteiger partial charge on any atom is 0.411 e. The van der Waals surface area contributed by atoms with Crippen LogP contribution >= 0.6 is 11.6 Å². The Kier molecular flexibility index (Phi) is 4.79. The van der Waals surface area contributed by atoms with Crippen molar-refractivity contribution in [2.75, 3.05) is 13.2 Å². The summed E-state index contributed by atoms with van der Waals surface area (Å²) in [7, 11) is 0. The quantitative estimate of drug-likeness (QED) is 0.894. The number of ether oxygens (including phenoxy) is 1. The molecular weight excluding hydrogens is 261 g/mol. The summed E-state index contributed by atoms with van der Waals surface area (Å²) in [4.78, 5) is 0. The van der Waals surface area contributed by atoms with Crippen molar-refractivity contribution in [1.29, 1.82) is 0 Å². The molecule has 17 heavy (non-hydrogen) atoms. The van der Waals surface area contributed by atoms with Crippen LogP contribution in [0.4, 0.5) is 13.2 Å². The zero-order valence-electron chi connectivity index (χ0n) is 9.04. The molecule has 1 N–H and O–H groups in total. The fourth-order valence-corrected chi connectivity index (χ4v) is 1.59. The van der Waals surface area contributed by atoms with E-state index in [1.807, 2.05) is 0 Å². The minimum Gasteiger partial charge on any atom is -0.384 e. The molecule has 0 bridgehead atoms. The standard InChI is InChI=1S/C9H12ClF3N2O2/c1-2-15-8(6(10)3-14-15)7(16)4-17-5-9(11,12)13/h3,7,16H,2,4-5H2,1H3. The molecule has 0 spiro atoms. The summed E-state index contributed by atoms with van der Waals surface area (Å²) in [5.41, 5.74) is 0.261. The number of aliphatic hydroxyl groups excluding tert-OH is 1. The third-order valence-corrected chi connectivity index (χ3v) is 2.28. The summed E-state index contributed by atoms with van der Waals surface area (Å²) in [6.45, 7) is 0.349. The Hall–Kier alpha value is -0.790.